The zero-order valence-corrected chi connectivity index (χ0v) is 14.2. The third-order valence-corrected chi connectivity index (χ3v) is 4.09. The van der Waals surface area contributed by atoms with Gasteiger partial charge in [0.05, 0.1) is 21.1 Å². The van der Waals surface area contributed by atoms with Gasteiger partial charge in [-0.25, -0.2) is 13.6 Å². The van der Waals surface area contributed by atoms with E-state index in [1.807, 2.05) is 30.3 Å². The van der Waals surface area contributed by atoms with Crippen LogP contribution in [0.1, 0.15) is 5.56 Å². The minimum atomic E-state index is -4.05. The maximum absolute atomic E-state index is 11.3. The highest BCUT2D eigenvalue weighted by atomic mass is 35.5. The normalized spacial score (nSPS) is 12.3. The lowest BCUT2D eigenvalue weighted by Gasteiger charge is -2.04. The maximum Gasteiger partial charge on any atom is 0.295 e. The Hall–Kier alpha value is -2.75. The summed E-state index contributed by atoms with van der Waals surface area (Å²) in [5.74, 6) is 0. The molecule has 0 unspecified atom stereocenters. The fourth-order valence-corrected chi connectivity index (χ4v) is 2.55. The molecule has 0 saturated carbocycles. The Morgan fingerprint density at radius 1 is 1.24 bits per heavy atom. The van der Waals surface area contributed by atoms with Crippen LogP contribution in [0.15, 0.2) is 63.6 Å². The minimum Gasteiger partial charge on any atom is -0.272 e. The maximum atomic E-state index is 11.3. The highest BCUT2D eigenvalue weighted by molar-refractivity contribution is 7.89. The third kappa shape index (κ3) is 5.38. The number of hydrogen-bond donors (Lipinski definition) is 2. The van der Waals surface area contributed by atoms with Gasteiger partial charge in [0, 0.05) is 6.07 Å². The molecule has 0 aliphatic rings. The number of halogens is 1. The van der Waals surface area contributed by atoms with Crippen LogP contribution < -0.4 is 10.6 Å². The van der Waals surface area contributed by atoms with Crippen molar-refractivity contribution >= 4 is 45.3 Å². The van der Waals surface area contributed by atoms with Gasteiger partial charge in [-0.2, -0.15) is 5.10 Å². The highest BCUT2D eigenvalue weighted by Crippen LogP contribution is 2.27. The Balaban J connectivity index is 2.20. The standard InChI is InChI=1S/C15H13ClN4O4S/c16-12(8-11-4-2-1-3-5-11)10-18-19-14-7-6-13(25(17,23)24)9-15(14)20(21)22/h1-10,19H,(H2,17,23,24)/b12-8-,18-10+. The van der Waals surface area contributed by atoms with Crippen LogP contribution in [0.3, 0.4) is 0 Å². The molecule has 8 nitrogen and oxygen atoms in total. The lowest BCUT2D eigenvalue weighted by Crippen LogP contribution is -2.12. The van der Waals surface area contributed by atoms with Gasteiger partial charge in [0.1, 0.15) is 5.69 Å². The quantitative estimate of drug-likeness (QED) is 0.452. The molecular formula is C15H13ClN4O4S. The molecule has 25 heavy (non-hydrogen) atoms. The molecule has 2 aromatic carbocycles. The number of rotatable bonds is 6. The summed E-state index contributed by atoms with van der Waals surface area (Å²) in [4.78, 5) is 9.97. The molecule has 10 heteroatoms. The van der Waals surface area contributed by atoms with Crippen molar-refractivity contribution in [3.8, 4) is 0 Å². The third-order valence-electron chi connectivity index (χ3n) is 2.97. The van der Waals surface area contributed by atoms with Gasteiger partial charge < -0.3 is 0 Å². The predicted octanol–water partition coefficient (Wildman–Crippen LogP) is 2.92. The summed E-state index contributed by atoms with van der Waals surface area (Å²) in [5.41, 5.74) is 2.84. The topological polar surface area (TPSA) is 128 Å². The SMILES string of the molecule is NS(=O)(=O)c1ccc(N/N=C/C(Cl)=C/c2ccccc2)c([N+](=O)[O-])c1. The first-order valence-electron chi connectivity index (χ1n) is 6.80. The van der Waals surface area contributed by atoms with Crippen molar-refractivity contribution in [3.05, 3.63) is 69.2 Å². The van der Waals surface area contributed by atoms with Crippen LogP contribution in [0.25, 0.3) is 6.08 Å². The number of nitrogens with zero attached hydrogens (tertiary/aromatic N) is 2. The van der Waals surface area contributed by atoms with Gasteiger partial charge in [-0.15, -0.1) is 0 Å². The van der Waals surface area contributed by atoms with E-state index >= 15 is 0 Å². The van der Waals surface area contributed by atoms with E-state index in [9.17, 15) is 18.5 Å². The van der Waals surface area contributed by atoms with Crippen molar-refractivity contribution in [1.29, 1.82) is 0 Å². The molecule has 2 rings (SSSR count). The number of allylic oxidation sites excluding steroid dienone is 1. The van der Waals surface area contributed by atoms with Gasteiger partial charge in [-0.1, -0.05) is 41.9 Å². The summed E-state index contributed by atoms with van der Waals surface area (Å²) in [6.07, 6.45) is 2.93. The first-order chi connectivity index (χ1) is 11.8. The number of nitro groups is 1. The molecule has 0 radical (unpaired) electrons. The fraction of sp³-hybridized carbons (Fsp3) is 0. The van der Waals surface area contributed by atoms with Crippen molar-refractivity contribution < 1.29 is 13.3 Å². The Bertz CT molecular complexity index is 943. The average Bonchev–Trinajstić information content (AvgIpc) is 2.54. The first kappa shape index (κ1) is 18.6. The Morgan fingerprint density at radius 2 is 1.92 bits per heavy atom. The summed E-state index contributed by atoms with van der Waals surface area (Å²) in [6, 6.07) is 12.5. The van der Waals surface area contributed by atoms with Gasteiger partial charge in [-0.3, -0.25) is 15.5 Å². The molecule has 0 fully saturated rings. The number of hydrazone groups is 1. The Labute approximate surface area is 148 Å². The first-order valence-corrected chi connectivity index (χ1v) is 8.72. The molecule has 0 spiro atoms. The summed E-state index contributed by atoms with van der Waals surface area (Å²) < 4.78 is 22.6. The van der Waals surface area contributed by atoms with Crippen LogP contribution in [0, 0.1) is 10.1 Å². The Morgan fingerprint density at radius 3 is 2.52 bits per heavy atom. The molecule has 0 atom stereocenters. The van der Waals surface area contributed by atoms with E-state index in [0.717, 1.165) is 17.7 Å². The second kappa shape index (κ2) is 7.88. The molecular weight excluding hydrogens is 368 g/mol. The molecule has 0 heterocycles. The summed E-state index contributed by atoms with van der Waals surface area (Å²) in [6.45, 7) is 0. The van der Waals surface area contributed by atoms with Crippen molar-refractivity contribution in [2.75, 3.05) is 5.43 Å². The van der Waals surface area contributed by atoms with Crippen LogP contribution in [0.4, 0.5) is 11.4 Å². The molecule has 0 aliphatic heterocycles. The van der Waals surface area contributed by atoms with E-state index in [-0.39, 0.29) is 10.6 Å². The number of primary sulfonamides is 1. The number of nitrogens with one attached hydrogen (secondary N) is 1. The van der Waals surface area contributed by atoms with Crippen molar-refractivity contribution in [2.45, 2.75) is 4.90 Å². The van der Waals surface area contributed by atoms with Gasteiger partial charge in [0.15, 0.2) is 0 Å². The molecule has 0 aromatic heterocycles. The summed E-state index contributed by atoms with van der Waals surface area (Å²) in [7, 11) is -4.05. The fourth-order valence-electron chi connectivity index (χ4n) is 1.84. The van der Waals surface area contributed by atoms with Crippen LogP contribution in [0.2, 0.25) is 0 Å². The molecule has 3 N–H and O–H groups in total. The molecule has 0 aliphatic carbocycles. The number of hydrogen-bond acceptors (Lipinski definition) is 6. The minimum absolute atomic E-state index is 0.00201. The predicted molar refractivity (Wildman–Crippen MR) is 96.9 cm³/mol. The second-order valence-electron chi connectivity index (χ2n) is 4.79. The smallest absolute Gasteiger partial charge is 0.272 e. The van der Waals surface area contributed by atoms with E-state index in [2.05, 4.69) is 10.5 Å². The number of nitrogens with two attached hydrogens (primary N) is 1. The van der Waals surface area contributed by atoms with E-state index in [1.165, 1.54) is 12.3 Å². The zero-order chi connectivity index (χ0) is 18.4. The van der Waals surface area contributed by atoms with Gasteiger partial charge in [0.2, 0.25) is 10.0 Å². The number of sulfonamides is 1. The van der Waals surface area contributed by atoms with Crippen LogP contribution in [-0.2, 0) is 10.0 Å². The number of anilines is 1. The Kier molecular flexibility index (Phi) is 5.86. The molecule has 0 bridgehead atoms. The van der Waals surface area contributed by atoms with Crippen molar-refractivity contribution in [2.24, 2.45) is 10.2 Å². The number of nitro benzene ring substituents is 1. The van der Waals surface area contributed by atoms with E-state index in [1.54, 1.807) is 6.08 Å². The second-order valence-corrected chi connectivity index (χ2v) is 6.79. The van der Waals surface area contributed by atoms with Crippen molar-refractivity contribution in [1.82, 2.24) is 0 Å². The van der Waals surface area contributed by atoms with E-state index in [4.69, 9.17) is 16.7 Å². The van der Waals surface area contributed by atoms with Crippen LogP contribution in [0.5, 0.6) is 0 Å². The highest BCUT2D eigenvalue weighted by Gasteiger charge is 2.18. The molecule has 2 aromatic rings. The van der Waals surface area contributed by atoms with Gasteiger partial charge in [-0.05, 0) is 23.8 Å². The van der Waals surface area contributed by atoms with Crippen molar-refractivity contribution in [3.63, 3.8) is 0 Å². The molecule has 130 valence electrons. The van der Waals surface area contributed by atoms with Crippen LogP contribution in [-0.4, -0.2) is 19.6 Å². The average molecular weight is 381 g/mol. The summed E-state index contributed by atoms with van der Waals surface area (Å²) in [5, 5.41) is 20.1. The molecule has 0 saturated heterocycles. The monoisotopic (exact) mass is 380 g/mol. The molecule has 0 amide bonds. The lowest BCUT2D eigenvalue weighted by atomic mass is 10.2. The van der Waals surface area contributed by atoms with E-state index < -0.39 is 20.6 Å². The van der Waals surface area contributed by atoms with E-state index in [0.29, 0.717) is 5.03 Å². The summed E-state index contributed by atoms with van der Waals surface area (Å²) >= 11 is 6.01. The largest absolute Gasteiger partial charge is 0.295 e. The number of benzene rings is 2. The van der Waals surface area contributed by atoms with Gasteiger partial charge >= 0.3 is 0 Å². The van der Waals surface area contributed by atoms with Gasteiger partial charge in [0.25, 0.3) is 5.69 Å². The lowest BCUT2D eigenvalue weighted by molar-refractivity contribution is -0.384. The zero-order valence-electron chi connectivity index (χ0n) is 12.7. The van der Waals surface area contributed by atoms with Crippen LogP contribution >= 0.6 is 11.6 Å².